The van der Waals surface area contributed by atoms with Crippen molar-refractivity contribution >= 4 is 0 Å². The fraction of sp³-hybridized carbons (Fsp3) is 0.667. The third kappa shape index (κ3) is 5.33. The van der Waals surface area contributed by atoms with Gasteiger partial charge in [0.25, 0.3) is 0 Å². The minimum atomic E-state index is 0.814. The molecule has 0 unspecified atom stereocenters. The van der Waals surface area contributed by atoms with Crippen LogP contribution in [-0.2, 0) is 6.42 Å². The zero-order valence-corrected chi connectivity index (χ0v) is 13.9. The normalized spacial score (nSPS) is 17.1. The second kappa shape index (κ2) is 8.40. The summed E-state index contributed by atoms with van der Waals surface area (Å²) in [5, 5.41) is 0. The molecule has 1 aromatic carbocycles. The van der Waals surface area contributed by atoms with E-state index in [9.17, 15) is 0 Å². The summed E-state index contributed by atoms with van der Waals surface area (Å²) in [7, 11) is 2.21. The Morgan fingerprint density at radius 3 is 2.62 bits per heavy atom. The van der Waals surface area contributed by atoms with Crippen LogP contribution in [0.4, 0.5) is 0 Å². The summed E-state index contributed by atoms with van der Waals surface area (Å²) in [6.07, 6.45) is 3.40. The van der Waals surface area contributed by atoms with Gasteiger partial charge < -0.3 is 14.5 Å². The van der Waals surface area contributed by atoms with Gasteiger partial charge in [0.15, 0.2) is 0 Å². The topological polar surface area (TPSA) is 15.7 Å². The SMILES string of the molecule is CCCOc1ccc(C)cc1CCCN1CCN(C)CC1. The molecule has 1 saturated heterocycles. The van der Waals surface area contributed by atoms with Gasteiger partial charge in [-0.25, -0.2) is 0 Å². The molecule has 2 rings (SSSR count). The van der Waals surface area contributed by atoms with Crippen molar-refractivity contribution in [1.82, 2.24) is 9.80 Å². The highest BCUT2D eigenvalue weighted by Gasteiger charge is 2.13. The van der Waals surface area contributed by atoms with Crippen molar-refractivity contribution in [3.63, 3.8) is 0 Å². The van der Waals surface area contributed by atoms with Crippen LogP contribution in [0.15, 0.2) is 18.2 Å². The molecule has 0 atom stereocenters. The van der Waals surface area contributed by atoms with Crippen molar-refractivity contribution < 1.29 is 4.74 Å². The summed E-state index contributed by atoms with van der Waals surface area (Å²) in [6.45, 7) is 11.2. The Labute approximate surface area is 129 Å². The number of likely N-dealkylation sites (N-methyl/N-ethyl adjacent to an activating group) is 1. The molecule has 0 aliphatic carbocycles. The van der Waals surface area contributed by atoms with Crippen LogP contribution in [0.25, 0.3) is 0 Å². The third-order valence-corrected chi connectivity index (χ3v) is 4.19. The summed E-state index contributed by atoms with van der Waals surface area (Å²) in [5.74, 6) is 1.08. The molecule has 0 aromatic heterocycles. The van der Waals surface area contributed by atoms with E-state index in [1.54, 1.807) is 0 Å². The Balaban J connectivity index is 1.82. The molecule has 3 nitrogen and oxygen atoms in total. The first-order chi connectivity index (χ1) is 10.2. The predicted molar refractivity (Wildman–Crippen MR) is 89.2 cm³/mol. The molecule has 1 aromatic rings. The van der Waals surface area contributed by atoms with Crippen LogP contribution in [0.5, 0.6) is 5.75 Å². The smallest absolute Gasteiger partial charge is 0.122 e. The highest BCUT2D eigenvalue weighted by atomic mass is 16.5. The van der Waals surface area contributed by atoms with Gasteiger partial charge in [0.1, 0.15) is 5.75 Å². The van der Waals surface area contributed by atoms with Gasteiger partial charge in [0.05, 0.1) is 6.61 Å². The van der Waals surface area contributed by atoms with E-state index in [0.717, 1.165) is 25.2 Å². The number of ether oxygens (including phenoxy) is 1. The van der Waals surface area contributed by atoms with E-state index in [2.05, 4.69) is 48.9 Å². The standard InChI is InChI=1S/C18H30N2O/c1-4-14-21-18-8-7-16(2)15-17(18)6-5-9-20-12-10-19(3)11-13-20/h7-8,15H,4-6,9-14H2,1-3H3. The van der Waals surface area contributed by atoms with Gasteiger partial charge in [0.2, 0.25) is 0 Å². The zero-order chi connectivity index (χ0) is 15.1. The van der Waals surface area contributed by atoms with Crippen LogP contribution in [0, 0.1) is 6.92 Å². The Hall–Kier alpha value is -1.06. The largest absolute Gasteiger partial charge is 0.493 e. The van der Waals surface area contributed by atoms with E-state index >= 15 is 0 Å². The van der Waals surface area contributed by atoms with Crippen molar-refractivity contribution in [3.05, 3.63) is 29.3 Å². The van der Waals surface area contributed by atoms with E-state index < -0.39 is 0 Å². The summed E-state index contributed by atoms with van der Waals surface area (Å²) in [4.78, 5) is 5.00. The van der Waals surface area contributed by atoms with Crippen molar-refractivity contribution in [2.75, 3.05) is 46.4 Å². The molecule has 3 heteroatoms. The monoisotopic (exact) mass is 290 g/mol. The lowest BCUT2D eigenvalue weighted by atomic mass is 10.1. The first kappa shape index (κ1) is 16.3. The molecule has 1 aliphatic rings. The van der Waals surface area contributed by atoms with E-state index in [-0.39, 0.29) is 0 Å². The van der Waals surface area contributed by atoms with E-state index in [4.69, 9.17) is 4.74 Å². The fourth-order valence-electron chi connectivity index (χ4n) is 2.82. The minimum Gasteiger partial charge on any atom is -0.493 e. The van der Waals surface area contributed by atoms with E-state index in [1.807, 2.05) is 0 Å². The summed E-state index contributed by atoms with van der Waals surface area (Å²) >= 11 is 0. The van der Waals surface area contributed by atoms with E-state index in [1.165, 1.54) is 50.3 Å². The van der Waals surface area contributed by atoms with Crippen molar-refractivity contribution in [1.29, 1.82) is 0 Å². The van der Waals surface area contributed by atoms with Gasteiger partial charge in [-0.3, -0.25) is 0 Å². The lowest BCUT2D eigenvalue weighted by Gasteiger charge is -2.32. The van der Waals surface area contributed by atoms with Crippen molar-refractivity contribution in [3.8, 4) is 5.75 Å². The van der Waals surface area contributed by atoms with Gasteiger partial charge in [-0.1, -0.05) is 24.6 Å². The lowest BCUT2D eigenvalue weighted by molar-refractivity contribution is 0.153. The lowest BCUT2D eigenvalue weighted by Crippen LogP contribution is -2.44. The Bertz CT molecular complexity index is 425. The van der Waals surface area contributed by atoms with Crippen LogP contribution in [-0.4, -0.2) is 56.2 Å². The molecular weight excluding hydrogens is 260 g/mol. The van der Waals surface area contributed by atoms with Gasteiger partial charge >= 0.3 is 0 Å². The molecule has 118 valence electrons. The maximum atomic E-state index is 5.88. The van der Waals surface area contributed by atoms with E-state index in [0.29, 0.717) is 0 Å². The van der Waals surface area contributed by atoms with Crippen molar-refractivity contribution in [2.24, 2.45) is 0 Å². The Morgan fingerprint density at radius 1 is 1.14 bits per heavy atom. The Morgan fingerprint density at radius 2 is 1.90 bits per heavy atom. The van der Waals surface area contributed by atoms with Gasteiger partial charge in [0, 0.05) is 26.2 Å². The number of rotatable bonds is 7. The fourth-order valence-corrected chi connectivity index (χ4v) is 2.82. The summed E-state index contributed by atoms with van der Waals surface area (Å²) < 4.78 is 5.88. The highest BCUT2D eigenvalue weighted by molar-refractivity contribution is 5.37. The zero-order valence-electron chi connectivity index (χ0n) is 13.9. The van der Waals surface area contributed by atoms with Crippen LogP contribution >= 0.6 is 0 Å². The number of benzene rings is 1. The van der Waals surface area contributed by atoms with Crippen LogP contribution in [0.1, 0.15) is 30.9 Å². The molecule has 1 heterocycles. The first-order valence-electron chi connectivity index (χ1n) is 8.32. The molecule has 0 radical (unpaired) electrons. The van der Waals surface area contributed by atoms with Gasteiger partial charge in [-0.05, 0) is 51.4 Å². The number of hydrogen-bond acceptors (Lipinski definition) is 3. The number of piperazine rings is 1. The second-order valence-corrected chi connectivity index (χ2v) is 6.21. The molecule has 0 bridgehead atoms. The maximum Gasteiger partial charge on any atom is 0.122 e. The molecule has 1 aliphatic heterocycles. The van der Waals surface area contributed by atoms with Gasteiger partial charge in [-0.2, -0.15) is 0 Å². The maximum absolute atomic E-state index is 5.88. The average molecular weight is 290 g/mol. The van der Waals surface area contributed by atoms with Crippen molar-refractivity contribution in [2.45, 2.75) is 33.1 Å². The molecule has 21 heavy (non-hydrogen) atoms. The minimum absolute atomic E-state index is 0.814. The number of aryl methyl sites for hydroxylation is 2. The summed E-state index contributed by atoms with van der Waals surface area (Å²) in [6, 6.07) is 6.57. The van der Waals surface area contributed by atoms with Crippen LogP contribution in [0.2, 0.25) is 0 Å². The Kier molecular flexibility index (Phi) is 6.52. The average Bonchev–Trinajstić information content (AvgIpc) is 2.48. The third-order valence-electron chi connectivity index (χ3n) is 4.19. The van der Waals surface area contributed by atoms with Crippen LogP contribution in [0.3, 0.4) is 0 Å². The molecule has 0 N–H and O–H groups in total. The molecule has 0 spiro atoms. The predicted octanol–water partition coefficient (Wildman–Crippen LogP) is 2.96. The summed E-state index contributed by atoms with van der Waals surface area (Å²) in [5.41, 5.74) is 2.70. The van der Waals surface area contributed by atoms with Crippen LogP contribution < -0.4 is 4.74 Å². The highest BCUT2D eigenvalue weighted by Crippen LogP contribution is 2.22. The first-order valence-corrected chi connectivity index (χ1v) is 8.32. The molecule has 0 amide bonds. The van der Waals surface area contributed by atoms with Gasteiger partial charge in [-0.15, -0.1) is 0 Å². The quantitative estimate of drug-likeness (QED) is 0.768. The molecular formula is C18H30N2O. The molecule has 0 saturated carbocycles. The number of nitrogens with zero attached hydrogens (tertiary/aromatic N) is 2. The number of hydrogen-bond donors (Lipinski definition) is 0. The second-order valence-electron chi connectivity index (χ2n) is 6.21. The molecule has 1 fully saturated rings.